The van der Waals surface area contributed by atoms with E-state index >= 15 is 0 Å². The highest BCUT2D eigenvalue weighted by atomic mass is 32.2. The Labute approximate surface area is 185 Å². The smallest absolute Gasteiger partial charge is 0.242 e. The van der Waals surface area contributed by atoms with Gasteiger partial charge in [-0.3, -0.25) is 4.72 Å². The van der Waals surface area contributed by atoms with Gasteiger partial charge in [-0.2, -0.15) is 5.26 Å². The number of nitrogens with one attached hydrogen (secondary N) is 1. The minimum Gasteiger partial charge on any atom is -0.339 e. The number of anilines is 1. The molecule has 1 N–H and O–H groups in total. The summed E-state index contributed by atoms with van der Waals surface area (Å²) in [4.78, 5) is 0. The van der Waals surface area contributed by atoms with Gasteiger partial charge in [0.1, 0.15) is 6.07 Å². The number of rotatable bonds is 8. The van der Waals surface area contributed by atoms with E-state index in [1.54, 1.807) is 30.3 Å². The summed E-state index contributed by atoms with van der Waals surface area (Å²) in [5, 5.41) is 10.4. The maximum Gasteiger partial charge on any atom is 0.242 e. The lowest BCUT2D eigenvalue weighted by molar-refractivity contribution is 0.149. The molecule has 32 heavy (non-hydrogen) atoms. The van der Waals surface area contributed by atoms with Gasteiger partial charge < -0.3 is 4.57 Å². The first-order valence-corrected chi connectivity index (χ1v) is 12.4. The lowest BCUT2D eigenvalue weighted by Crippen LogP contribution is -2.17. The van der Waals surface area contributed by atoms with Crippen LogP contribution in [-0.2, 0) is 23.0 Å². The topological polar surface area (TPSA) is 74.9 Å². The maximum atomic E-state index is 13.0. The molecule has 1 heterocycles. The van der Waals surface area contributed by atoms with E-state index in [4.69, 9.17) is 0 Å². The number of nitrogens with zero attached hydrogens (tertiary/aromatic N) is 2. The minimum absolute atomic E-state index is 0.309. The molecule has 2 saturated carbocycles. The molecule has 0 aliphatic heterocycles. The Hall–Kier alpha value is -2.92. The molecule has 8 heteroatoms. The van der Waals surface area contributed by atoms with E-state index in [1.807, 2.05) is 12.1 Å². The molecule has 1 aromatic heterocycles. The van der Waals surface area contributed by atoms with Gasteiger partial charge in [0.05, 0.1) is 22.0 Å². The van der Waals surface area contributed by atoms with Crippen molar-refractivity contribution in [3.05, 3.63) is 53.6 Å². The third-order valence-electron chi connectivity index (χ3n) is 6.15. The van der Waals surface area contributed by atoms with Crippen molar-refractivity contribution in [1.82, 2.24) is 4.57 Å². The van der Waals surface area contributed by atoms with Gasteiger partial charge in [-0.25, -0.2) is 17.2 Å². The van der Waals surface area contributed by atoms with E-state index in [-0.39, 0.29) is 11.7 Å². The molecule has 5 rings (SSSR count). The first-order valence-electron chi connectivity index (χ1n) is 10.8. The van der Waals surface area contributed by atoms with Crippen LogP contribution in [0.2, 0.25) is 0 Å². The van der Waals surface area contributed by atoms with Crippen molar-refractivity contribution in [3.63, 3.8) is 0 Å². The fraction of sp³-hybridized carbons (Fsp3) is 0.375. The molecule has 0 saturated heterocycles. The first kappa shape index (κ1) is 21.0. The van der Waals surface area contributed by atoms with Crippen molar-refractivity contribution < 1.29 is 17.2 Å². The van der Waals surface area contributed by atoms with Crippen LogP contribution in [0.5, 0.6) is 0 Å². The molecular weight excluding hydrogens is 432 g/mol. The second-order valence-electron chi connectivity index (χ2n) is 8.76. The molecule has 0 unspecified atom stereocenters. The number of hydrogen-bond acceptors (Lipinski definition) is 3. The Morgan fingerprint density at radius 2 is 1.81 bits per heavy atom. The number of fused-ring (bicyclic) bond motifs is 1. The highest BCUT2D eigenvalue weighted by molar-refractivity contribution is 7.93. The third-order valence-corrected chi connectivity index (χ3v) is 8.02. The van der Waals surface area contributed by atoms with Crippen molar-refractivity contribution in [2.75, 3.05) is 4.72 Å². The van der Waals surface area contributed by atoms with Crippen LogP contribution in [0, 0.1) is 17.2 Å². The van der Waals surface area contributed by atoms with Gasteiger partial charge in [0.15, 0.2) is 0 Å². The largest absolute Gasteiger partial charge is 0.339 e. The van der Waals surface area contributed by atoms with Crippen molar-refractivity contribution in [2.45, 2.75) is 50.3 Å². The molecule has 2 fully saturated rings. The predicted molar refractivity (Wildman–Crippen MR) is 120 cm³/mol. The average molecular weight is 456 g/mol. The van der Waals surface area contributed by atoms with Crippen LogP contribution in [0.3, 0.4) is 0 Å². The number of nitriles is 1. The molecule has 0 spiro atoms. The Kier molecular flexibility index (Phi) is 5.17. The van der Waals surface area contributed by atoms with E-state index in [2.05, 4.69) is 15.4 Å². The summed E-state index contributed by atoms with van der Waals surface area (Å²) in [7, 11) is -3.35. The molecule has 2 aromatic carbocycles. The molecule has 166 valence electrons. The van der Waals surface area contributed by atoms with E-state index in [1.165, 1.54) is 0 Å². The van der Waals surface area contributed by atoms with Crippen LogP contribution in [0.1, 0.15) is 36.8 Å². The second kappa shape index (κ2) is 7.89. The van der Waals surface area contributed by atoms with E-state index in [0.29, 0.717) is 35.6 Å². The van der Waals surface area contributed by atoms with Crippen molar-refractivity contribution >= 4 is 26.6 Å². The standard InChI is InChI=1S/C24H23F2N3O2S/c25-23(26)12-16-3-10-20-21(13-27)24(29(22(20)11-16)14-15-1-2-15)17-4-6-18(7-5-17)28-32(30,31)19-8-9-19/h3-7,10-11,15,19,23,28H,1-2,8-9,12,14H2. The van der Waals surface area contributed by atoms with Crippen LogP contribution < -0.4 is 4.72 Å². The Morgan fingerprint density at radius 1 is 1.09 bits per heavy atom. The quantitative estimate of drug-likeness (QED) is 0.501. The van der Waals surface area contributed by atoms with Gasteiger partial charge in [0, 0.05) is 24.0 Å². The third kappa shape index (κ3) is 4.09. The molecular formula is C24H23F2N3O2S. The van der Waals surface area contributed by atoms with Crippen molar-refractivity contribution in [3.8, 4) is 17.3 Å². The summed E-state index contributed by atoms with van der Waals surface area (Å²) >= 11 is 0. The fourth-order valence-electron chi connectivity index (χ4n) is 4.18. The van der Waals surface area contributed by atoms with Crippen LogP contribution in [0.4, 0.5) is 14.5 Å². The minimum atomic E-state index is -3.35. The van der Waals surface area contributed by atoms with Gasteiger partial charge in [-0.15, -0.1) is 0 Å². The van der Waals surface area contributed by atoms with Gasteiger partial charge >= 0.3 is 0 Å². The molecule has 0 amide bonds. The molecule has 5 nitrogen and oxygen atoms in total. The summed E-state index contributed by atoms with van der Waals surface area (Å²) in [6, 6.07) is 14.5. The second-order valence-corrected chi connectivity index (χ2v) is 10.7. The van der Waals surface area contributed by atoms with Crippen molar-refractivity contribution in [2.24, 2.45) is 5.92 Å². The Bertz CT molecular complexity index is 1320. The molecule has 0 atom stereocenters. The zero-order valence-corrected chi connectivity index (χ0v) is 18.2. The first-order chi connectivity index (χ1) is 15.4. The van der Waals surface area contributed by atoms with Crippen LogP contribution in [0.25, 0.3) is 22.2 Å². The van der Waals surface area contributed by atoms with E-state index in [9.17, 15) is 22.5 Å². The molecule has 2 aliphatic carbocycles. The summed E-state index contributed by atoms with van der Waals surface area (Å²) in [5.41, 5.74) is 3.88. The number of hydrogen-bond donors (Lipinski definition) is 1. The SMILES string of the molecule is N#Cc1c(-c2ccc(NS(=O)(=O)C3CC3)cc2)n(CC2CC2)c2cc(CC(F)F)ccc12. The van der Waals surface area contributed by atoms with Gasteiger partial charge in [0.2, 0.25) is 16.4 Å². The van der Waals surface area contributed by atoms with Gasteiger partial charge in [-0.05, 0) is 60.9 Å². The lowest BCUT2D eigenvalue weighted by atomic mass is 10.0. The number of halogens is 2. The number of benzene rings is 2. The maximum absolute atomic E-state index is 13.0. The van der Waals surface area contributed by atoms with Crippen LogP contribution in [-0.4, -0.2) is 24.7 Å². The Morgan fingerprint density at radius 3 is 2.41 bits per heavy atom. The molecule has 0 bridgehead atoms. The van der Waals surface area contributed by atoms with Gasteiger partial charge in [0.25, 0.3) is 0 Å². The fourth-order valence-corrected chi connectivity index (χ4v) is 5.57. The number of alkyl halides is 2. The summed E-state index contributed by atoms with van der Waals surface area (Å²) < 4.78 is 55.0. The highest BCUT2D eigenvalue weighted by Crippen LogP contribution is 2.39. The molecule has 3 aromatic rings. The summed E-state index contributed by atoms with van der Waals surface area (Å²) in [5.74, 6) is 0.513. The van der Waals surface area contributed by atoms with E-state index in [0.717, 1.165) is 41.5 Å². The zero-order valence-electron chi connectivity index (χ0n) is 17.4. The highest BCUT2D eigenvalue weighted by Gasteiger charge is 2.35. The summed E-state index contributed by atoms with van der Waals surface area (Å²) in [6.45, 7) is 0.724. The average Bonchev–Trinajstić information content (AvgIpc) is 3.65. The predicted octanol–water partition coefficient (Wildman–Crippen LogP) is 5.30. The van der Waals surface area contributed by atoms with Crippen LogP contribution >= 0.6 is 0 Å². The van der Waals surface area contributed by atoms with Crippen molar-refractivity contribution in [1.29, 1.82) is 5.26 Å². The Balaban J connectivity index is 1.58. The lowest BCUT2D eigenvalue weighted by Gasteiger charge is -2.13. The summed E-state index contributed by atoms with van der Waals surface area (Å²) in [6.07, 6.45) is 0.847. The monoisotopic (exact) mass is 455 g/mol. The van der Waals surface area contributed by atoms with E-state index < -0.39 is 16.4 Å². The molecule has 2 aliphatic rings. The normalized spacial score (nSPS) is 16.4. The molecule has 0 radical (unpaired) electrons. The zero-order chi connectivity index (χ0) is 22.5. The van der Waals surface area contributed by atoms with Crippen LogP contribution in [0.15, 0.2) is 42.5 Å². The number of sulfonamides is 1. The van der Waals surface area contributed by atoms with Gasteiger partial charge in [-0.1, -0.05) is 24.3 Å². The number of aromatic nitrogens is 1.